The molecule has 1 aliphatic rings. The van der Waals surface area contributed by atoms with Gasteiger partial charge in [-0.25, -0.2) is 4.99 Å². The zero-order valence-corrected chi connectivity index (χ0v) is 12.3. The van der Waals surface area contributed by atoms with Crippen LogP contribution in [0.1, 0.15) is 13.3 Å². The number of aliphatic imine (C=N–C) groups is 1. The second-order valence-corrected chi connectivity index (χ2v) is 5.24. The number of benzene rings is 1. The first-order valence-electron chi connectivity index (χ1n) is 6.34. The average molecular weight is 280 g/mol. The molecule has 0 saturated carbocycles. The molecule has 100 valence electrons. The van der Waals surface area contributed by atoms with Crippen LogP contribution in [0.3, 0.4) is 0 Å². The van der Waals surface area contributed by atoms with Crippen molar-refractivity contribution in [1.82, 2.24) is 0 Å². The topological polar surface area (TPSA) is 24.7 Å². The zero-order valence-electron chi connectivity index (χ0n) is 11.5. The molecule has 0 unspecified atom stereocenters. The summed E-state index contributed by atoms with van der Waals surface area (Å²) in [5.41, 5.74) is 1.11. The summed E-state index contributed by atoms with van der Waals surface area (Å²) < 4.78 is 0. The van der Waals surface area contributed by atoms with Crippen molar-refractivity contribution in [2.24, 2.45) is 9.98 Å². The zero-order chi connectivity index (χ0) is 14.4. The van der Waals surface area contributed by atoms with Crippen LogP contribution in [-0.2, 0) is 0 Å². The molecule has 3 heteroatoms. The van der Waals surface area contributed by atoms with Crippen molar-refractivity contribution in [3.05, 3.63) is 75.8 Å². The number of hydrogen-bond donors (Lipinski definition) is 0. The molecule has 2 nitrogen and oxygen atoms in total. The maximum absolute atomic E-state index is 4.56. The third-order valence-corrected chi connectivity index (χ3v) is 3.64. The van der Waals surface area contributed by atoms with Crippen LogP contribution in [-0.4, -0.2) is 5.87 Å². The quantitative estimate of drug-likeness (QED) is 0.763. The molecule has 1 aliphatic heterocycles. The van der Waals surface area contributed by atoms with Gasteiger partial charge in [-0.2, -0.15) is 4.99 Å². The molecule has 0 bridgehead atoms. The summed E-state index contributed by atoms with van der Waals surface area (Å²) in [6, 6.07) is 8.05. The van der Waals surface area contributed by atoms with Gasteiger partial charge in [0.1, 0.15) is 5.03 Å². The fourth-order valence-electron chi connectivity index (χ4n) is 1.91. The molecule has 1 aromatic rings. The van der Waals surface area contributed by atoms with E-state index in [1.807, 2.05) is 31.2 Å². The highest BCUT2D eigenvalue weighted by atomic mass is 32.2. The van der Waals surface area contributed by atoms with Gasteiger partial charge in [-0.05, 0) is 54.4 Å². The second kappa shape index (κ2) is 6.90. The molecule has 0 radical (unpaired) electrons. The highest BCUT2D eigenvalue weighted by Gasteiger charge is 2.07. The van der Waals surface area contributed by atoms with Crippen LogP contribution < -0.4 is 10.6 Å². The van der Waals surface area contributed by atoms with Gasteiger partial charge in [0.2, 0.25) is 0 Å². The summed E-state index contributed by atoms with van der Waals surface area (Å²) in [7, 11) is 0. The maximum Gasteiger partial charge on any atom is 0.116 e. The lowest BCUT2D eigenvalue weighted by molar-refractivity contribution is 1.26. The van der Waals surface area contributed by atoms with Gasteiger partial charge in [0, 0.05) is 0 Å². The average Bonchev–Trinajstić information content (AvgIpc) is 2.49. The molecule has 0 spiro atoms. The molecule has 0 fully saturated rings. The van der Waals surface area contributed by atoms with Crippen LogP contribution in [0.15, 0.2) is 75.2 Å². The Morgan fingerprint density at radius 2 is 2.20 bits per heavy atom. The van der Waals surface area contributed by atoms with E-state index in [1.165, 1.54) is 11.8 Å². The molecule has 0 N–H and O–H groups in total. The van der Waals surface area contributed by atoms with Gasteiger partial charge in [-0.15, -0.1) is 0 Å². The number of rotatable bonds is 2. The summed E-state index contributed by atoms with van der Waals surface area (Å²) >= 11 is 1.45. The first-order valence-corrected chi connectivity index (χ1v) is 7.15. The number of hydrogen-bond acceptors (Lipinski definition) is 3. The summed E-state index contributed by atoms with van der Waals surface area (Å²) in [4.78, 5) is 8.79. The highest BCUT2D eigenvalue weighted by Crippen LogP contribution is 2.30. The van der Waals surface area contributed by atoms with Crippen molar-refractivity contribution in [1.29, 1.82) is 0 Å². The Labute approximate surface area is 123 Å². The Morgan fingerprint density at radius 3 is 2.95 bits per heavy atom. The molecule has 0 saturated heterocycles. The normalized spacial score (nSPS) is 22.4. The molecular formula is C17H16N2S. The third kappa shape index (κ3) is 3.47. The van der Waals surface area contributed by atoms with Crippen LogP contribution in [0, 0.1) is 0 Å². The van der Waals surface area contributed by atoms with E-state index in [-0.39, 0.29) is 0 Å². The SMILES string of the molecule is C=C=N/C1=C(\C=C/C)C/C=c2/cccc/c2=N/C(=C)S1. The first kappa shape index (κ1) is 14.3. The van der Waals surface area contributed by atoms with Crippen LogP contribution in [0.4, 0.5) is 0 Å². The number of nitrogens with zero attached hydrogens (tertiary/aromatic N) is 2. The van der Waals surface area contributed by atoms with Gasteiger partial charge in [-0.1, -0.05) is 43.0 Å². The molecule has 0 aromatic heterocycles. The van der Waals surface area contributed by atoms with Gasteiger partial charge in [-0.3, -0.25) is 0 Å². The van der Waals surface area contributed by atoms with E-state index in [0.717, 1.165) is 27.6 Å². The molecule has 1 heterocycles. The van der Waals surface area contributed by atoms with Crippen LogP contribution in [0.25, 0.3) is 6.08 Å². The van der Waals surface area contributed by atoms with E-state index < -0.39 is 0 Å². The maximum atomic E-state index is 4.56. The molecule has 2 rings (SSSR count). The Hall–Kier alpha value is -2.09. The smallest absolute Gasteiger partial charge is 0.116 e. The predicted molar refractivity (Wildman–Crippen MR) is 87.9 cm³/mol. The van der Waals surface area contributed by atoms with Crippen molar-refractivity contribution in [2.45, 2.75) is 13.3 Å². The minimum absolute atomic E-state index is 0.712. The van der Waals surface area contributed by atoms with Gasteiger partial charge in [0.15, 0.2) is 0 Å². The van der Waals surface area contributed by atoms with E-state index >= 15 is 0 Å². The van der Waals surface area contributed by atoms with Gasteiger partial charge in [0.25, 0.3) is 0 Å². The van der Waals surface area contributed by atoms with Crippen LogP contribution >= 0.6 is 11.8 Å². The van der Waals surface area contributed by atoms with Crippen molar-refractivity contribution in [3.63, 3.8) is 0 Å². The second-order valence-electron chi connectivity index (χ2n) is 4.17. The lowest BCUT2D eigenvalue weighted by Crippen LogP contribution is -2.23. The van der Waals surface area contributed by atoms with Gasteiger partial charge in [0.05, 0.1) is 10.4 Å². The van der Waals surface area contributed by atoms with E-state index in [1.54, 1.807) is 0 Å². The number of fused-ring (bicyclic) bond motifs is 1. The number of thioether (sulfide) groups is 1. The van der Waals surface area contributed by atoms with Gasteiger partial charge >= 0.3 is 0 Å². The summed E-state index contributed by atoms with van der Waals surface area (Å²) in [6.07, 6.45) is 7.01. The van der Waals surface area contributed by atoms with E-state index in [9.17, 15) is 0 Å². The van der Waals surface area contributed by atoms with Crippen molar-refractivity contribution in [3.8, 4) is 0 Å². The molecule has 0 atom stereocenters. The number of para-hydroxylation sites is 1. The first-order chi connectivity index (χ1) is 9.74. The Kier molecular flexibility index (Phi) is 4.94. The Morgan fingerprint density at radius 1 is 1.40 bits per heavy atom. The van der Waals surface area contributed by atoms with E-state index in [2.05, 4.69) is 47.2 Å². The van der Waals surface area contributed by atoms with Crippen molar-refractivity contribution in [2.75, 3.05) is 0 Å². The van der Waals surface area contributed by atoms with Crippen LogP contribution in [0.2, 0.25) is 0 Å². The predicted octanol–water partition coefficient (Wildman–Crippen LogP) is 3.34. The fraction of sp³-hybridized carbons (Fsp3) is 0.118. The Bertz CT molecular complexity index is 747. The fourth-order valence-corrected chi connectivity index (χ4v) is 2.67. The monoisotopic (exact) mass is 280 g/mol. The molecular weight excluding hydrogens is 264 g/mol. The van der Waals surface area contributed by atoms with Crippen molar-refractivity contribution >= 4 is 23.7 Å². The van der Waals surface area contributed by atoms with E-state index in [0.29, 0.717) is 5.03 Å². The van der Waals surface area contributed by atoms with Crippen LogP contribution in [0.5, 0.6) is 0 Å². The summed E-state index contributed by atoms with van der Waals surface area (Å²) in [5.74, 6) is 2.60. The lowest BCUT2D eigenvalue weighted by atomic mass is 10.1. The minimum Gasteiger partial charge on any atom is -0.242 e. The lowest BCUT2D eigenvalue weighted by Gasteiger charge is -2.04. The number of allylic oxidation sites excluding steroid dienone is 3. The third-order valence-electron chi connectivity index (χ3n) is 2.76. The molecule has 0 aliphatic carbocycles. The molecule has 1 aromatic carbocycles. The standard InChI is InChI=1S/C17H16N2S/c1-4-8-15-12-11-14-9-6-7-10-16(14)19-13(3)20-17(15)18-5-2/h4,6-11H,2-3,12H2,1H3/b8-4-,14-11-,17-15-,19-16-. The summed E-state index contributed by atoms with van der Waals surface area (Å²) in [5, 5.41) is 3.61. The van der Waals surface area contributed by atoms with Gasteiger partial charge < -0.3 is 0 Å². The Balaban J connectivity index is 2.64. The largest absolute Gasteiger partial charge is 0.242 e. The summed E-state index contributed by atoms with van der Waals surface area (Å²) in [6.45, 7) is 9.55. The molecule has 0 amide bonds. The van der Waals surface area contributed by atoms with E-state index in [4.69, 9.17) is 0 Å². The van der Waals surface area contributed by atoms with Crippen molar-refractivity contribution < 1.29 is 0 Å². The molecule has 20 heavy (non-hydrogen) atoms. The minimum atomic E-state index is 0.712. The highest BCUT2D eigenvalue weighted by molar-refractivity contribution is 8.06.